The SMILES string of the molecule is CC(O)CCNC1CCC(c2ccc(O)cc2)CC1. The van der Waals surface area contributed by atoms with E-state index in [2.05, 4.69) is 5.32 Å². The molecule has 3 heteroatoms. The first-order valence-electron chi connectivity index (χ1n) is 7.35. The van der Waals surface area contributed by atoms with Gasteiger partial charge in [0.25, 0.3) is 0 Å². The van der Waals surface area contributed by atoms with Crippen LogP contribution in [0.2, 0.25) is 0 Å². The molecule has 0 heterocycles. The van der Waals surface area contributed by atoms with Crippen LogP contribution in [0.3, 0.4) is 0 Å². The second-order valence-electron chi connectivity index (χ2n) is 5.73. The van der Waals surface area contributed by atoms with Gasteiger partial charge in [0, 0.05) is 6.04 Å². The molecule has 3 N–H and O–H groups in total. The molecule has 0 saturated heterocycles. The van der Waals surface area contributed by atoms with Crippen molar-refractivity contribution < 1.29 is 10.2 Å². The number of phenols is 1. The summed E-state index contributed by atoms with van der Waals surface area (Å²) in [7, 11) is 0. The Bertz CT molecular complexity index is 367. The first-order valence-corrected chi connectivity index (χ1v) is 7.35. The van der Waals surface area contributed by atoms with Gasteiger partial charge in [-0.05, 0) is 69.2 Å². The summed E-state index contributed by atoms with van der Waals surface area (Å²) in [6.07, 6.45) is 5.43. The molecular formula is C16H25NO2. The molecule has 19 heavy (non-hydrogen) atoms. The van der Waals surface area contributed by atoms with Gasteiger partial charge >= 0.3 is 0 Å². The van der Waals surface area contributed by atoms with Gasteiger partial charge in [-0.1, -0.05) is 12.1 Å². The summed E-state index contributed by atoms with van der Waals surface area (Å²) >= 11 is 0. The van der Waals surface area contributed by atoms with Crippen molar-refractivity contribution in [1.29, 1.82) is 0 Å². The minimum Gasteiger partial charge on any atom is -0.508 e. The quantitative estimate of drug-likeness (QED) is 0.765. The molecule has 3 nitrogen and oxygen atoms in total. The lowest BCUT2D eigenvalue weighted by molar-refractivity contribution is 0.180. The zero-order valence-corrected chi connectivity index (χ0v) is 11.7. The number of aromatic hydroxyl groups is 1. The molecule has 1 aliphatic carbocycles. The maximum Gasteiger partial charge on any atom is 0.115 e. The molecule has 1 aromatic carbocycles. The zero-order valence-electron chi connectivity index (χ0n) is 11.7. The topological polar surface area (TPSA) is 52.5 Å². The standard InChI is InChI=1S/C16H25NO2/c1-12(18)10-11-17-15-6-2-13(3-7-15)14-4-8-16(19)9-5-14/h4-5,8-9,12-13,15,17-19H,2-3,6-7,10-11H2,1H3. The van der Waals surface area contributed by atoms with Crippen LogP contribution in [0.4, 0.5) is 0 Å². The van der Waals surface area contributed by atoms with Crippen LogP contribution in [0.1, 0.15) is 50.5 Å². The Kier molecular flexibility index (Phi) is 5.23. The van der Waals surface area contributed by atoms with E-state index >= 15 is 0 Å². The molecule has 0 radical (unpaired) electrons. The van der Waals surface area contributed by atoms with Crippen molar-refractivity contribution in [2.45, 2.75) is 57.1 Å². The minimum atomic E-state index is -0.208. The number of aliphatic hydroxyl groups excluding tert-OH is 1. The third-order valence-corrected chi connectivity index (χ3v) is 4.09. The van der Waals surface area contributed by atoms with Gasteiger partial charge < -0.3 is 15.5 Å². The number of phenolic OH excluding ortho intramolecular Hbond substituents is 1. The highest BCUT2D eigenvalue weighted by molar-refractivity contribution is 5.28. The van der Waals surface area contributed by atoms with E-state index in [0.29, 0.717) is 17.7 Å². The van der Waals surface area contributed by atoms with Crippen LogP contribution in [0.25, 0.3) is 0 Å². The van der Waals surface area contributed by atoms with Crippen LogP contribution in [-0.2, 0) is 0 Å². The van der Waals surface area contributed by atoms with Gasteiger partial charge in [-0.3, -0.25) is 0 Å². The summed E-state index contributed by atoms with van der Waals surface area (Å²) in [5.41, 5.74) is 1.35. The molecule has 2 rings (SSSR count). The van der Waals surface area contributed by atoms with Gasteiger partial charge in [0.2, 0.25) is 0 Å². The molecule has 0 aromatic heterocycles. The fourth-order valence-electron chi connectivity index (χ4n) is 2.87. The second kappa shape index (κ2) is 6.92. The number of rotatable bonds is 5. The maximum absolute atomic E-state index is 9.31. The first kappa shape index (κ1) is 14.4. The third-order valence-electron chi connectivity index (χ3n) is 4.09. The molecule has 1 aliphatic rings. The van der Waals surface area contributed by atoms with E-state index in [-0.39, 0.29) is 6.10 Å². The Morgan fingerprint density at radius 2 is 1.79 bits per heavy atom. The lowest BCUT2D eigenvalue weighted by atomic mass is 9.82. The van der Waals surface area contributed by atoms with Gasteiger partial charge in [-0.25, -0.2) is 0 Å². The largest absolute Gasteiger partial charge is 0.508 e. The molecule has 1 saturated carbocycles. The summed E-state index contributed by atoms with van der Waals surface area (Å²) in [5.74, 6) is 0.979. The average Bonchev–Trinajstić information content (AvgIpc) is 2.40. The summed E-state index contributed by atoms with van der Waals surface area (Å²) in [4.78, 5) is 0. The Labute approximate surface area is 115 Å². The molecule has 1 fully saturated rings. The summed E-state index contributed by atoms with van der Waals surface area (Å²) in [6, 6.07) is 8.25. The van der Waals surface area contributed by atoms with E-state index in [9.17, 15) is 10.2 Å². The number of aliphatic hydroxyl groups is 1. The molecule has 1 unspecified atom stereocenters. The van der Waals surface area contributed by atoms with Gasteiger partial charge in [0.05, 0.1) is 6.10 Å². The van der Waals surface area contributed by atoms with Crippen LogP contribution in [0, 0.1) is 0 Å². The van der Waals surface area contributed by atoms with Gasteiger partial charge in [0.15, 0.2) is 0 Å². The maximum atomic E-state index is 9.31. The number of hydrogen-bond acceptors (Lipinski definition) is 3. The lowest BCUT2D eigenvalue weighted by Gasteiger charge is -2.29. The fourth-order valence-corrected chi connectivity index (χ4v) is 2.87. The summed E-state index contributed by atoms with van der Waals surface area (Å²) in [5, 5.41) is 22.1. The van der Waals surface area contributed by atoms with Crippen LogP contribution in [0.5, 0.6) is 5.75 Å². The van der Waals surface area contributed by atoms with Crippen LogP contribution >= 0.6 is 0 Å². The predicted octanol–water partition coefficient (Wildman–Crippen LogP) is 2.78. The zero-order chi connectivity index (χ0) is 13.7. The molecule has 0 amide bonds. The van der Waals surface area contributed by atoms with Crippen molar-refractivity contribution in [2.24, 2.45) is 0 Å². The fraction of sp³-hybridized carbons (Fsp3) is 0.625. The molecule has 0 spiro atoms. The van der Waals surface area contributed by atoms with Crippen LogP contribution < -0.4 is 5.32 Å². The molecule has 1 aromatic rings. The highest BCUT2D eigenvalue weighted by atomic mass is 16.3. The van der Waals surface area contributed by atoms with E-state index in [4.69, 9.17) is 0 Å². The number of hydrogen-bond donors (Lipinski definition) is 3. The molecule has 106 valence electrons. The average molecular weight is 263 g/mol. The highest BCUT2D eigenvalue weighted by Gasteiger charge is 2.21. The predicted molar refractivity (Wildman–Crippen MR) is 77.4 cm³/mol. The molecular weight excluding hydrogens is 238 g/mol. The minimum absolute atomic E-state index is 0.208. The second-order valence-corrected chi connectivity index (χ2v) is 5.73. The van der Waals surface area contributed by atoms with Gasteiger partial charge in [0.1, 0.15) is 5.75 Å². The van der Waals surface area contributed by atoms with Crippen LogP contribution in [-0.4, -0.2) is 28.9 Å². The third kappa shape index (κ3) is 4.51. The van der Waals surface area contributed by atoms with E-state index in [1.807, 2.05) is 19.1 Å². The summed E-state index contributed by atoms with van der Waals surface area (Å²) < 4.78 is 0. The van der Waals surface area contributed by atoms with E-state index in [0.717, 1.165) is 13.0 Å². The Morgan fingerprint density at radius 3 is 2.37 bits per heavy atom. The highest BCUT2D eigenvalue weighted by Crippen LogP contribution is 2.33. The van der Waals surface area contributed by atoms with E-state index in [1.54, 1.807) is 12.1 Å². The van der Waals surface area contributed by atoms with Gasteiger partial charge in [-0.2, -0.15) is 0 Å². The molecule has 0 bridgehead atoms. The Balaban J connectivity index is 1.74. The van der Waals surface area contributed by atoms with Crippen molar-refractivity contribution in [3.8, 4) is 5.75 Å². The number of benzene rings is 1. The monoisotopic (exact) mass is 263 g/mol. The van der Waals surface area contributed by atoms with Crippen molar-refractivity contribution in [1.82, 2.24) is 5.32 Å². The Hall–Kier alpha value is -1.06. The molecule has 1 atom stereocenters. The smallest absolute Gasteiger partial charge is 0.115 e. The molecule has 0 aliphatic heterocycles. The van der Waals surface area contributed by atoms with Crippen molar-refractivity contribution >= 4 is 0 Å². The van der Waals surface area contributed by atoms with E-state index in [1.165, 1.54) is 31.2 Å². The van der Waals surface area contributed by atoms with Crippen molar-refractivity contribution in [3.05, 3.63) is 29.8 Å². The van der Waals surface area contributed by atoms with Crippen molar-refractivity contribution in [3.63, 3.8) is 0 Å². The summed E-state index contributed by atoms with van der Waals surface area (Å²) in [6.45, 7) is 2.75. The lowest BCUT2D eigenvalue weighted by Crippen LogP contribution is -2.34. The number of nitrogens with one attached hydrogen (secondary N) is 1. The van der Waals surface area contributed by atoms with Gasteiger partial charge in [-0.15, -0.1) is 0 Å². The Morgan fingerprint density at radius 1 is 1.16 bits per heavy atom. The first-order chi connectivity index (χ1) is 9.15. The van der Waals surface area contributed by atoms with Crippen molar-refractivity contribution in [2.75, 3.05) is 6.54 Å². The van der Waals surface area contributed by atoms with Crippen LogP contribution in [0.15, 0.2) is 24.3 Å². The normalized spacial score (nSPS) is 25.2. The van der Waals surface area contributed by atoms with E-state index < -0.39 is 0 Å².